The maximum absolute atomic E-state index is 6.12. The standard InChI is InChI=1S/C20H17ClN2O2S/c1-24-16-7-4-14(5-8-16)10-12-23-11-2-3-19-20(23)22-17-13-15(21)6-9-18(17)25-26-19/h2-9,11,13H,10,12H2,1H3. The molecule has 0 radical (unpaired) electrons. The summed E-state index contributed by atoms with van der Waals surface area (Å²) in [6.07, 6.45) is 2.94. The van der Waals surface area contributed by atoms with E-state index in [1.165, 1.54) is 17.2 Å². The fourth-order valence-electron chi connectivity index (χ4n) is 2.78. The van der Waals surface area contributed by atoms with Crippen molar-refractivity contribution >= 4 is 34.3 Å². The molecular weight excluding hydrogens is 368 g/mol. The topological polar surface area (TPSA) is 40.2 Å². The lowest BCUT2D eigenvalue weighted by Crippen LogP contribution is -2.06. The Labute approximate surface area is 160 Å². The van der Waals surface area contributed by atoms with Gasteiger partial charge in [0.05, 0.1) is 7.11 Å². The van der Waals surface area contributed by atoms with Crippen LogP contribution in [0.3, 0.4) is 0 Å². The number of aryl methyl sites for hydroxylation is 2. The predicted molar refractivity (Wildman–Crippen MR) is 106 cm³/mol. The van der Waals surface area contributed by atoms with Crippen LogP contribution in [0.4, 0.5) is 0 Å². The molecule has 0 amide bonds. The summed E-state index contributed by atoms with van der Waals surface area (Å²) < 4.78 is 13.2. The number of hydrogen-bond acceptors (Lipinski definition) is 4. The van der Waals surface area contributed by atoms with Gasteiger partial charge in [-0.1, -0.05) is 23.7 Å². The molecule has 0 saturated carbocycles. The van der Waals surface area contributed by atoms with E-state index in [0.29, 0.717) is 5.02 Å². The molecule has 26 heavy (non-hydrogen) atoms. The number of ether oxygens (including phenoxy) is 1. The fraction of sp³-hybridized carbons (Fsp3) is 0.150. The summed E-state index contributed by atoms with van der Waals surface area (Å²) in [6, 6.07) is 17.7. The van der Waals surface area contributed by atoms with Crippen molar-refractivity contribution in [1.82, 2.24) is 9.55 Å². The molecule has 6 heteroatoms. The molecule has 2 aromatic carbocycles. The maximum atomic E-state index is 6.12. The van der Waals surface area contributed by atoms with Crippen LogP contribution in [0.2, 0.25) is 5.02 Å². The van der Waals surface area contributed by atoms with Gasteiger partial charge in [0, 0.05) is 29.4 Å². The van der Waals surface area contributed by atoms with Crippen LogP contribution in [0.5, 0.6) is 5.75 Å². The van der Waals surface area contributed by atoms with Gasteiger partial charge in [0.25, 0.3) is 0 Å². The highest BCUT2D eigenvalue weighted by molar-refractivity contribution is 7.06. The number of rotatable bonds is 4. The first kappa shape index (κ1) is 16.9. The summed E-state index contributed by atoms with van der Waals surface area (Å²) >= 11 is 7.45. The molecule has 2 aliphatic heterocycles. The van der Waals surface area contributed by atoms with Crippen LogP contribution in [-0.4, -0.2) is 16.7 Å². The highest BCUT2D eigenvalue weighted by atomic mass is 35.5. The van der Waals surface area contributed by atoms with Crippen molar-refractivity contribution in [3.63, 3.8) is 0 Å². The quantitative estimate of drug-likeness (QED) is 0.444. The van der Waals surface area contributed by atoms with Gasteiger partial charge in [-0.25, -0.2) is 4.98 Å². The third kappa shape index (κ3) is 3.54. The van der Waals surface area contributed by atoms with Gasteiger partial charge in [0.2, 0.25) is 0 Å². The maximum Gasteiger partial charge on any atom is 0.169 e. The molecule has 4 nitrogen and oxygen atoms in total. The molecule has 4 rings (SSSR count). The minimum atomic E-state index is 0.644. The predicted octanol–water partition coefficient (Wildman–Crippen LogP) is 5.82. The van der Waals surface area contributed by atoms with E-state index >= 15 is 0 Å². The third-order valence-corrected chi connectivity index (χ3v) is 5.17. The fourth-order valence-corrected chi connectivity index (χ4v) is 3.64. The van der Waals surface area contributed by atoms with Crippen molar-refractivity contribution < 1.29 is 8.59 Å². The zero-order chi connectivity index (χ0) is 17.9. The molecule has 2 aromatic rings. The number of benzene rings is 2. The van der Waals surface area contributed by atoms with Crippen LogP contribution in [0.1, 0.15) is 5.56 Å². The first-order chi connectivity index (χ1) is 12.7. The molecule has 0 saturated heterocycles. The number of fused-ring (bicyclic) bond motifs is 2. The van der Waals surface area contributed by atoms with Crippen LogP contribution in [0.25, 0.3) is 21.8 Å². The van der Waals surface area contributed by atoms with E-state index in [1.807, 2.05) is 48.7 Å². The summed E-state index contributed by atoms with van der Waals surface area (Å²) in [6.45, 7) is 0.815. The van der Waals surface area contributed by atoms with E-state index in [1.54, 1.807) is 7.11 Å². The molecule has 0 spiro atoms. The lowest BCUT2D eigenvalue weighted by atomic mass is 10.1. The number of halogens is 1. The van der Waals surface area contributed by atoms with Gasteiger partial charge < -0.3 is 13.2 Å². The third-order valence-electron chi connectivity index (χ3n) is 4.18. The van der Waals surface area contributed by atoms with E-state index < -0.39 is 0 Å². The van der Waals surface area contributed by atoms with Gasteiger partial charge in [-0.15, -0.1) is 0 Å². The summed E-state index contributed by atoms with van der Waals surface area (Å²) in [7, 11) is 1.68. The summed E-state index contributed by atoms with van der Waals surface area (Å²) in [4.78, 5) is 5.80. The zero-order valence-corrected chi connectivity index (χ0v) is 15.8. The van der Waals surface area contributed by atoms with Crippen molar-refractivity contribution in [2.75, 3.05) is 7.11 Å². The molecule has 0 unspecified atom stereocenters. The number of nitrogens with zero attached hydrogens (tertiary/aromatic N) is 2. The second kappa shape index (κ2) is 7.40. The monoisotopic (exact) mass is 384 g/mol. The average Bonchev–Trinajstić information content (AvgIpc) is 2.86. The molecule has 0 bridgehead atoms. The van der Waals surface area contributed by atoms with E-state index in [0.717, 1.165) is 40.5 Å². The molecule has 0 aromatic heterocycles. The first-order valence-corrected chi connectivity index (χ1v) is 9.36. The Hall–Kier alpha value is -2.50. The Morgan fingerprint density at radius 3 is 2.81 bits per heavy atom. The molecule has 2 heterocycles. The van der Waals surface area contributed by atoms with Gasteiger partial charge >= 0.3 is 0 Å². The van der Waals surface area contributed by atoms with Gasteiger partial charge in [-0.2, -0.15) is 0 Å². The van der Waals surface area contributed by atoms with Crippen LogP contribution in [-0.2, 0) is 13.0 Å². The minimum absolute atomic E-state index is 0.644. The molecule has 0 N–H and O–H groups in total. The van der Waals surface area contributed by atoms with Gasteiger partial charge in [0.15, 0.2) is 11.4 Å². The van der Waals surface area contributed by atoms with E-state index in [9.17, 15) is 0 Å². The molecule has 0 fully saturated rings. The average molecular weight is 385 g/mol. The number of aromatic nitrogens is 2. The highest BCUT2D eigenvalue weighted by Gasteiger charge is 2.10. The lowest BCUT2D eigenvalue weighted by Gasteiger charge is -2.12. The summed E-state index contributed by atoms with van der Waals surface area (Å²) in [5.74, 6) is 1.75. The van der Waals surface area contributed by atoms with Crippen molar-refractivity contribution in [2.24, 2.45) is 0 Å². The Balaban J connectivity index is 1.70. The number of methoxy groups -OCH3 is 1. The van der Waals surface area contributed by atoms with Crippen molar-refractivity contribution in [3.8, 4) is 16.5 Å². The van der Waals surface area contributed by atoms with E-state index in [-0.39, 0.29) is 0 Å². The van der Waals surface area contributed by atoms with Crippen LogP contribution in [0, 0.1) is 0 Å². The van der Waals surface area contributed by atoms with Gasteiger partial charge in [0.1, 0.15) is 16.1 Å². The van der Waals surface area contributed by atoms with Gasteiger partial charge in [-0.3, -0.25) is 0 Å². The first-order valence-electron chi connectivity index (χ1n) is 8.24. The smallest absolute Gasteiger partial charge is 0.169 e. The van der Waals surface area contributed by atoms with Crippen LogP contribution in [0.15, 0.2) is 64.6 Å². The Morgan fingerprint density at radius 2 is 2.00 bits per heavy atom. The molecule has 132 valence electrons. The van der Waals surface area contributed by atoms with Crippen molar-refractivity contribution in [1.29, 1.82) is 0 Å². The Bertz CT molecular complexity index is 1050. The second-order valence-corrected chi connectivity index (χ2v) is 7.09. The molecule has 0 aliphatic carbocycles. The minimum Gasteiger partial charge on any atom is -0.497 e. The van der Waals surface area contributed by atoms with Gasteiger partial charge in [-0.05, 0) is 54.4 Å². The molecule has 2 aliphatic rings. The van der Waals surface area contributed by atoms with Crippen LogP contribution >= 0.6 is 23.2 Å². The van der Waals surface area contributed by atoms with E-state index in [4.69, 9.17) is 25.2 Å². The lowest BCUT2D eigenvalue weighted by molar-refractivity contribution is 0.414. The number of pyridine rings is 1. The summed E-state index contributed by atoms with van der Waals surface area (Å²) in [5, 5.41) is 0.644. The second-order valence-electron chi connectivity index (χ2n) is 5.88. The number of hydrogen-bond donors (Lipinski definition) is 0. The normalized spacial score (nSPS) is 11.0. The molecular formula is C20H17ClN2O2S. The van der Waals surface area contributed by atoms with E-state index in [2.05, 4.69) is 16.7 Å². The largest absolute Gasteiger partial charge is 0.497 e. The highest BCUT2D eigenvalue weighted by Crippen LogP contribution is 2.27. The van der Waals surface area contributed by atoms with Crippen LogP contribution < -0.4 is 4.74 Å². The Morgan fingerprint density at radius 1 is 1.15 bits per heavy atom. The molecule has 0 atom stereocenters. The SMILES string of the molecule is COc1ccc(CCn2cccc3soc4ccc(Cl)cc4nc2-3)cc1. The van der Waals surface area contributed by atoms with Crippen molar-refractivity contribution in [3.05, 3.63) is 71.4 Å². The summed E-state index contributed by atoms with van der Waals surface area (Å²) in [5.41, 5.74) is 2.71. The van der Waals surface area contributed by atoms with Crippen molar-refractivity contribution in [2.45, 2.75) is 13.0 Å². The zero-order valence-electron chi connectivity index (χ0n) is 14.2. The Kier molecular flexibility index (Phi) is 4.82.